The van der Waals surface area contributed by atoms with Crippen molar-refractivity contribution >= 4 is 27.4 Å². The van der Waals surface area contributed by atoms with Gasteiger partial charge in [0.05, 0.1) is 5.69 Å². The lowest BCUT2D eigenvalue weighted by atomic mass is 10.1. The number of rotatable bonds is 2. The van der Waals surface area contributed by atoms with Gasteiger partial charge in [-0.1, -0.05) is 6.07 Å². The Labute approximate surface area is 132 Å². The van der Waals surface area contributed by atoms with E-state index in [0.29, 0.717) is 0 Å². The standard InChI is InChI=1S/C16H17BrN4/c1-16(2,3)20-15-14(12-6-4-5-9-18-12)19-13-8-7-11(17)10-21(13)15/h4-10,20H,1-3H3. The van der Waals surface area contributed by atoms with Crippen LogP contribution in [-0.2, 0) is 0 Å². The number of aromatic nitrogens is 3. The number of anilines is 1. The first-order chi connectivity index (χ1) is 9.94. The van der Waals surface area contributed by atoms with E-state index in [1.165, 1.54) is 0 Å². The Bertz CT molecular complexity index is 772. The van der Waals surface area contributed by atoms with Gasteiger partial charge in [0.15, 0.2) is 0 Å². The van der Waals surface area contributed by atoms with Gasteiger partial charge in [-0.15, -0.1) is 0 Å². The number of pyridine rings is 2. The molecule has 0 aliphatic carbocycles. The molecule has 0 aliphatic heterocycles. The molecule has 0 radical (unpaired) electrons. The molecule has 0 atom stereocenters. The molecule has 5 heteroatoms. The molecule has 3 rings (SSSR count). The quantitative estimate of drug-likeness (QED) is 0.750. The zero-order valence-corrected chi connectivity index (χ0v) is 13.8. The van der Waals surface area contributed by atoms with Crippen LogP contribution in [0.4, 0.5) is 5.82 Å². The van der Waals surface area contributed by atoms with Gasteiger partial charge >= 0.3 is 0 Å². The van der Waals surface area contributed by atoms with Gasteiger partial charge in [0.2, 0.25) is 0 Å². The van der Waals surface area contributed by atoms with Gasteiger partial charge in [0.25, 0.3) is 0 Å². The molecule has 0 spiro atoms. The summed E-state index contributed by atoms with van der Waals surface area (Å²) in [5, 5.41) is 3.54. The van der Waals surface area contributed by atoms with Gasteiger partial charge in [0.1, 0.15) is 17.2 Å². The molecule has 0 bridgehead atoms. The lowest BCUT2D eigenvalue weighted by molar-refractivity contribution is 0.629. The van der Waals surface area contributed by atoms with Gasteiger partial charge in [-0.2, -0.15) is 0 Å². The van der Waals surface area contributed by atoms with Crippen molar-refractivity contribution in [2.24, 2.45) is 0 Å². The summed E-state index contributed by atoms with van der Waals surface area (Å²) < 4.78 is 3.07. The van der Waals surface area contributed by atoms with E-state index in [1.807, 2.05) is 36.5 Å². The Hall–Kier alpha value is -1.88. The number of nitrogens with one attached hydrogen (secondary N) is 1. The minimum Gasteiger partial charge on any atom is -0.365 e. The molecular formula is C16H17BrN4. The van der Waals surface area contributed by atoms with Gasteiger partial charge in [-0.3, -0.25) is 9.38 Å². The predicted molar refractivity (Wildman–Crippen MR) is 89.5 cm³/mol. The fraction of sp³-hybridized carbons (Fsp3) is 0.250. The Morgan fingerprint density at radius 2 is 1.95 bits per heavy atom. The van der Waals surface area contributed by atoms with Crippen LogP contribution in [0.3, 0.4) is 0 Å². The van der Waals surface area contributed by atoms with Crippen LogP contribution in [0.25, 0.3) is 17.0 Å². The average Bonchev–Trinajstić information content (AvgIpc) is 2.76. The van der Waals surface area contributed by atoms with Crippen LogP contribution in [0.5, 0.6) is 0 Å². The van der Waals surface area contributed by atoms with E-state index in [9.17, 15) is 0 Å². The van der Waals surface area contributed by atoms with Crippen LogP contribution in [-0.4, -0.2) is 19.9 Å². The molecule has 1 N–H and O–H groups in total. The summed E-state index contributed by atoms with van der Waals surface area (Å²) in [5.74, 6) is 0.956. The highest BCUT2D eigenvalue weighted by atomic mass is 79.9. The predicted octanol–water partition coefficient (Wildman–Crippen LogP) is 4.37. The van der Waals surface area contributed by atoms with Crippen molar-refractivity contribution in [3.63, 3.8) is 0 Å². The number of fused-ring (bicyclic) bond motifs is 1. The van der Waals surface area contributed by atoms with Gasteiger partial charge in [-0.25, -0.2) is 4.98 Å². The summed E-state index contributed by atoms with van der Waals surface area (Å²) in [4.78, 5) is 9.16. The third kappa shape index (κ3) is 2.93. The highest BCUT2D eigenvalue weighted by molar-refractivity contribution is 9.10. The molecule has 4 nitrogen and oxygen atoms in total. The van der Waals surface area contributed by atoms with E-state index in [2.05, 4.69) is 51.4 Å². The zero-order valence-electron chi connectivity index (χ0n) is 12.3. The molecule has 0 saturated carbocycles. The smallest absolute Gasteiger partial charge is 0.140 e. The second-order valence-electron chi connectivity index (χ2n) is 5.97. The lowest BCUT2D eigenvalue weighted by Gasteiger charge is -2.22. The molecule has 0 amide bonds. The third-order valence-corrected chi connectivity index (χ3v) is 3.45. The highest BCUT2D eigenvalue weighted by Gasteiger charge is 2.19. The lowest BCUT2D eigenvalue weighted by Crippen LogP contribution is -2.27. The van der Waals surface area contributed by atoms with Crippen LogP contribution in [0.2, 0.25) is 0 Å². The van der Waals surface area contributed by atoms with Crippen LogP contribution in [0.15, 0.2) is 47.2 Å². The Balaban J connectivity index is 2.25. The topological polar surface area (TPSA) is 42.2 Å². The Morgan fingerprint density at radius 3 is 2.62 bits per heavy atom. The molecule has 0 saturated heterocycles. The van der Waals surface area contributed by atoms with E-state index >= 15 is 0 Å². The Kier molecular flexibility index (Phi) is 3.45. The fourth-order valence-corrected chi connectivity index (χ4v) is 2.51. The molecule has 3 heterocycles. The first-order valence-electron chi connectivity index (χ1n) is 6.81. The highest BCUT2D eigenvalue weighted by Crippen LogP contribution is 2.30. The fourth-order valence-electron chi connectivity index (χ4n) is 2.17. The van der Waals surface area contributed by atoms with E-state index in [-0.39, 0.29) is 5.54 Å². The number of hydrogen-bond acceptors (Lipinski definition) is 3. The maximum atomic E-state index is 4.73. The normalized spacial score (nSPS) is 11.8. The van der Waals surface area contributed by atoms with Crippen LogP contribution in [0.1, 0.15) is 20.8 Å². The summed E-state index contributed by atoms with van der Waals surface area (Å²) in [5.41, 5.74) is 2.56. The van der Waals surface area contributed by atoms with Crippen molar-refractivity contribution in [2.45, 2.75) is 26.3 Å². The van der Waals surface area contributed by atoms with E-state index in [0.717, 1.165) is 27.3 Å². The van der Waals surface area contributed by atoms with Crippen LogP contribution >= 0.6 is 15.9 Å². The average molecular weight is 345 g/mol. The van der Waals surface area contributed by atoms with Gasteiger partial charge < -0.3 is 5.32 Å². The van der Waals surface area contributed by atoms with Crippen molar-refractivity contribution in [1.29, 1.82) is 0 Å². The summed E-state index contributed by atoms with van der Waals surface area (Å²) in [6.45, 7) is 6.39. The molecule has 0 fully saturated rings. The van der Waals surface area contributed by atoms with E-state index < -0.39 is 0 Å². The van der Waals surface area contributed by atoms with Crippen LogP contribution < -0.4 is 5.32 Å². The minimum atomic E-state index is -0.0676. The van der Waals surface area contributed by atoms with Crippen molar-refractivity contribution in [3.8, 4) is 11.4 Å². The molecule has 0 aliphatic rings. The summed E-state index contributed by atoms with van der Waals surface area (Å²) in [7, 11) is 0. The molecule has 21 heavy (non-hydrogen) atoms. The maximum Gasteiger partial charge on any atom is 0.140 e. The number of nitrogens with zero attached hydrogens (tertiary/aromatic N) is 3. The van der Waals surface area contributed by atoms with E-state index in [1.54, 1.807) is 6.20 Å². The zero-order chi connectivity index (χ0) is 15.0. The second kappa shape index (κ2) is 5.15. The maximum absolute atomic E-state index is 4.73. The molecule has 3 aromatic heterocycles. The first-order valence-corrected chi connectivity index (χ1v) is 7.60. The number of hydrogen-bond donors (Lipinski definition) is 1. The van der Waals surface area contributed by atoms with Crippen LogP contribution in [0, 0.1) is 0 Å². The van der Waals surface area contributed by atoms with Gasteiger partial charge in [0, 0.05) is 22.4 Å². The van der Waals surface area contributed by atoms with Crippen molar-refractivity contribution in [3.05, 3.63) is 47.2 Å². The van der Waals surface area contributed by atoms with Crippen molar-refractivity contribution < 1.29 is 0 Å². The monoisotopic (exact) mass is 344 g/mol. The van der Waals surface area contributed by atoms with Crippen molar-refractivity contribution in [1.82, 2.24) is 14.4 Å². The summed E-state index contributed by atoms with van der Waals surface area (Å²) >= 11 is 3.52. The SMILES string of the molecule is CC(C)(C)Nc1c(-c2ccccn2)nc2ccc(Br)cn12. The molecule has 108 valence electrons. The number of imidazole rings is 1. The summed E-state index contributed by atoms with van der Waals surface area (Å²) in [6.07, 6.45) is 3.80. The summed E-state index contributed by atoms with van der Waals surface area (Å²) in [6, 6.07) is 9.84. The number of halogens is 1. The van der Waals surface area contributed by atoms with E-state index in [4.69, 9.17) is 4.98 Å². The van der Waals surface area contributed by atoms with Crippen molar-refractivity contribution in [2.75, 3.05) is 5.32 Å². The third-order valence-electron chi connectivity index (χ3n) is 2.98. The molecule has 0 aromatic carbocycles. The molecular weight excluding hydrogens is 328 g/mol. The second-order valence-corrected chi connectivity index (χ2v) is 6.89. The molecule has 3 aromatic rings. The van der Waals surface area contributed by atoms with Gasteiger partial charge in [-0.05, 0) is 61.0 Å². The largest absolute Gasteiger partial charge is 0.365 e. The minimum absolute atomic E-state index is 0.0676. The molecule has 0 unspecified atom stereocenters. The first kappa shape index (κ1) is 14.1. The Morgan fingerprint density at radius 1 is 1.14 bits per heavy atom.